The van der Waals surface area contributed by atoms with Crippen molar-refractivity contribution in [3.63, 3.8) is 0 Å². The van der Waals surface area contributed by atoms with Crippen molar-refractivity contribution in [2.45, 2.75) is 25.8 Å². The third kappa shape index (κ3) is 2.57. The molecule has 1 saturated carbocycles. The summed E-state index contributed by atoms with van der Waals surface area (Å²) in [5.74, 6) is -0.268. The maximum atomic E-state index is 13.1. The van der Waals surface area contributed by atoms with Gasteiger partial charge in [0.05, 0.1) is 11.8 Å². The van der Waals surface area contributed by atoms with E-state index in [1.165, 1.54) is 0 Å². The molecule has 1 aromatic heterocycles. The molecule has 0 N–H and O–H groups in total. The number of hydrogen-bond acceptors (Lipinski definition) is 2. The summed E-state index contributed by atoms with van der Waals surface area (Å²) >= 11 is 5.81. The lowest BCUT2D eigenvalue weighted by atomic mass is 10.1. The average molecular weight is 257 g/mol. The maximum absolute atomic E-state index is 13.1. The van der Waals surface area contributed by atoms with Gasteiger partial charge in [-0.1, -0.05) is 11.6 Å². The lowest BCUT2D eigenvalue weighted by molar-refractivity contribution is 0.0726. The van der Waals surface area contributed by atoms with Crippen LogP contribution in [0.3, 0.4) is 0 Å². The molecule has 17 heavy (non-hydrogen) atoms. The molecule has 3 nitrogen and oxygen atoms in total. The van der Waals surface area contributed by atoms with Crippen LogP contribution >= 0.6 is 11.6 Å². The van der Waals surface area contributed by atoms with Crippen molar-refractivity contribution in [2.24, 2.45) is 5.92 Å². The van der Waals surface area contributed by atoms with Crippen LogP contribution in [0.2, 0.25) is 5.15 Å². The van der Waals surface area contributed by atoms with Gasteiger partial charge >= 0.3 is 0 Å². The van der Waals surface area contributed by atoms with Crippen LogP contribution in [-0.2, 0) is 0 Å². The van der Waals surface area contributed by atoms with Crippen molar-refractivity contribution in [2.75, 3.05) is 7.05 Å². The highest BCUT2D eigenvalue weighted by Crippen LogP contribution is 2.35. The summed E-state index contributed by atoms with van der Waals surface area (Å²) < 4.78 is 13.1. The molecule has 1 atom stereocenters. The molecule has 1 heterocycles. The zero-order chi connectivity index (χ0) is 12.6. The average Bonchev–Trinajstić information content (AvgIpc) is 3.13. The lowest BCUT2D eigenvalue weighted by Gasteiger charge is -2.25. The molecule has 1 fully saturated rings. The normalized spacial score (nSPS) is 16.7. The van der Waals surface area contributed by atoms with Crippen molar-refractivity contribution in [3.05, 3.63) is 28.8 Å². The second kappa shape index (κ2) is 4.61. The number of hydrogen-bond donors (Lipinski definition) is 0. The van der Waals surface area contributed by atoms with E-state index in [2.05, 4.69) is 4.98 Å². The molecule has 0 aliphatic heterocycles. The van der Waals surface area contributed by atoms with Crippen LogP contribution in [0, 0.1) is 11.7 Å². The monoisotopic (exact) mass is 256 g/mol. The molecule has 0 aromatic carbocycles. The molecule has 1 aliphatic rings. The second-order valence-electron chi connectivity index (χ2n) is 4.49. The fourth-order valence-electron chi connectivity index (χ4n) is 1.84. The van der Waals surface area contributed by atoms with E-state index in [0.717, 1.165) is 25.1 Å². The molecule has 5 heteroatoms. The number of amides is 1. The van der Waals surface area contributed by atoms with E-state index in [4.69, 9.17) is 11.6 Å². The highest BCUT2D eigenvalue weighted by Gasteiger charge is 2.33. The Morgan fingerprint density at radius 2 is 2.29 bits per heavy atom. The summed E-state index contributed by atoms with van der Waals surface area (Å²) in [7, 11) is 1.71. The SMILES string of the molecule is CC(C1CC1)N(C)C(=O)c1cc(F)cnc1Cl. The Morgan fingerprint density at radius 3 is 2.88 bits per heavy atom. The van der Waals surface area contributed by atoms with E-state index in [-0.39, 0.29) is 22.7 Å². The van der Waals surface area contributed by atoms with E-state index in [9.17, 15) is 9.18 Å². The molecular formula is C12H14ClFN2O. The van der Waals surface area contributed by atoms with Crippen LogP contribution in [0.5, 0.6) is 0 Å². The number of carbonyl (C=O) groups excluding carboxylic acids is 1. The molecule has 2 rings (SSSR count). The predicted molar refractivity (Wildman–Crippen MR) is 63.5 cm³/mol. The standard InChI is InChI=1S/C12H14ClFN2O/c1-7(8-3-4-8)16(2)12(17)10-5-9(14)6-15-11(10)13/h5-8H,3-4H2,1-2H3. The largest absolute Gasteiger partial charge is 0.339 e. The minimum atomic E-state index is -0.551. The van der Waals surface area contributed by atoms with Gasteiger partial charge in [-0.05, 0) is 31.7 Å². The van der Waals surface area contributed by atoms with E-state index in [0.29, 0.717) is 5.92 Å². The summed E-state index contributed by atoms with van der Waals surface area (Å²) in [4.78, 5) is 17.4. The van der Waals surface area contributed by atoms with Crippen LogP contribution in [-0.4, -0.2) is 28.9 Å². The molecule has 92 valence electrons. The third-order valence-corrected chi connectivity index (χ3v) is 3.57. The first-order chi connectivity index (χ1) is 8.00. The fraction of sp³-hybridized carbons (Fsp3) is 0.500. The van der Waals surface area contributed by atoms with Gasteiger partial charge in [0.25, 0.3) is 5.91 Å². The first-order valence-electron chi connectivity index (χ1n) is 5.59. The van der Waals surface area contributed by atoms with Crippen molar-refractivity contribution in [1.82, 2.24) is 9.88 Å². The predicted octanol–water partition coefficient (Wildman–Crippen LogP) is 2.74. The van der Waals surface area contributed by atoms with Gasteiger partial charge in [0.15, 0.2) is 0 Å². The first kappa shape index (κ1) is 12.3. The number of pyridine rings is 1. The lowest BCUT2D eigenvalue weighted by Crippen LogP contribution is -2.36. The molecular weight excluding hydrogens is 243 g/mol. The molecule has 1 amide bonds. The van der Waals surface area contributed by atoms with Gasteiger partial charge < -0.3 is 4.90 Å². The van der Waals surface area contributed by atoms with Crippen molar-refractivity contribution in [3.8, 4) is 0 Å². The highest BCUT2D eigenvalue weighted by molar-refractivity contribution is 6.32. The number of halogens is 2. The summed E-state index contributed by atoms with van der Waals surface area (Å²) in [6.07, 6.45) is 3.30. The Bertz CT molecular complexity index is 448. The van der Waals surface area contributed by atoms with Gasteiger partial charge in [-0.15, -0.1) is 0 Å². The summed E-state index contributed by atoms with van der Waals surface area (Å²) in [5, 5.41) is 0.0475. The van der Waals surface area contributed by atoms with E-state index in [1.807, 2.05) is 6.92 Å². The van der Waals surface area contributed by atoms with Crippen molar-refractivity contribution < 1.29 is 9.18 Å². The highest BCUT2D eigenvalue weighted by atomic mass is 35.5. The topological polar surface area (TPSA) is 33.2 Å². The van der Waals surface area contributed by atoms with E-state index >= 15 is 0 Å². The number of rotatable bonds is 3. The van der Waals surface area contributed by atoms with Crippen LogP contribution < -0.4 is 0 Å². The Balaban J connectivity index is 2.20. The van der Waals surface area contributed by atoms with Crippen LogP contribution in [0.15, 0.2) is 12.3 Å². The van der Waals surface area contributed by atoms with Gasteiger partial charge in [-0.3, -0.25) is 4.79 Å². The van der Waals surface area contributed by atoms with Crippen molar-refractivity contribution in [1.29, 1.82) is 0 Å². The zero-order valence-corrected chi connectivity index (χ0v) is 10.5. The Kier molecular flexibility index (Phi) is 3.33. The Hall–Kier alpha value is -1.16. The zero-order valence-electron chi connectivity index (χ0n) is 9.78. The summed E-state index contributed by atoms with van der Waals surface area (Å²) in [5.41, 5.74) is 0.127. The summed E-state index contributed by atoms with van der Waals surface area (Å²) in [6.45, 7) is 2.00. The maximum Gasteiger partial charge on any atom is 0.257 e. The minimum absolute atomic E-state index is 0.0475. The molecule has 1 aliphatic carbocycles. The van der Waals surface area contributed by atoms with Gasteiger partial charge in [-0.25, -0.2) is 9.37 Å². The van der Waals surface area contributed by atoms with Crippen molar-refractivity contribution >= 4 is 17.5 Å². The van der Waals surface area contributed by atoms with Gasteiger partial charge in [-0.2, -0.15) is 0 Å². The van der Waals surface area contributed by atoms with Gasteiger partial charge in [0.1, 0.15) is 11.0 Å². The molecule has 0 radical (unpaired) electrons. The van der Waals surface area contributed by atoms with Gasteiger partial charge in [0.2, 0.25) is 0 Å². The number of carbonyl (C=O) groups is 1. The Morgan fingerprint density at radius 1 is 1.65 bits per heavy atom. The number of nitrogens with zero attached hydrogens (tertiary/aromatic N) is 2. The molecule has 1 unspecified atom stereocenters. The van der Waals surface area contributed by atoms with Crippen LogP contribution in [0.1, 0.15) is 30.1 Å². The second-order valence-corrected chi connectivity index (χ2v) is 4.84. The molecule has 0 bridgehead atoms. The van der Waals surface area contributed by atoms with Crippen LogP contribution in [0.4, 0.5) is 4.39 Å². The number of aromatic nitrogens is 1. The molecule has 1 aromatic rings. The summed E-state index contributed by atoms with van der Waals surface area (Å²) in [6, 6.07) is 1.29. The molecule has 0 saturated heterocycles. The third-order valence-electron chi connectivity index (χ3n) is 3.27. The van der Waals surface area contributed by atoms with Crippen LogP contribution in [0.25, 0.3) is 0 Å². The molecule has 0 spiro atoms. The quantitative estimate of drug-likeness (QED) is 0.779. The van der Waals surface area contributed by atoms with E-state index in [1.54, 1.807) is 11.9 Å². The Labute approximate surface area is 105 Å². The fourth-order valence-corrected chi connectivity index (χ4v) is 2.03. The van der Waals surface area contributed by atoms with Gasteiger partial charge in [0, 0.05) is 13.1 Å². The minimum Gasteiger partial charge on any atom is -0.339 e. The smallest absolute Gasteiger partial charge is 0.257 e. The first-order valence-corrected chi connectivity index (χ1v) is 5.96. The van der Waals surface area contributed by atoms with E-state index < -0.39 is 5.82 Å².